The standard InChI is InChI=1S/C10H15N3O2S/c1-4-8(9(14)15-3)5-6-16-10-11-7(2)12-13-10/h5H,4,6H2,1-3H3,(H,11,12,13). The van der Waals surface area contributed by atoms with Crippen molar-refractivity contribution in [2.24, 2.45) is 0 Å². The molecule has 6 heteroatoms. The molecule has 0 atom stereocenters. The van der Waals surface area contributed by atoms with Crippen LogP contribution < -0.4 is 0 Å². The van der Waals surface area contributed by atoms with Gasteiger partial charge in [0.05, 0.1) is 7.11 Å². The second kappa shape index (κ2) is 6.32. The quantitative estimate of drug-likeness (QED) is 0.483. The largest absolute Gasteiger partial charge is 0.466 e. The molecule has 0 saturated heterocycles. The summed E-state index contributed by atoms with van der Waals surface area (Å²) >= 11 is 1.48. The zero-order valence-electron chi connectivity index (χ0n) is 9.61. The molecule has 1 aromatic rings. The highest BCUT2D eigenvalue weighted by molar-refractivity contribution is 7.99. The number of methoxy groups -OCH3 is 1. The van der Waals surface area contributed by atoms with Crippen molar-refractivity contribution in [3.63, 3.8) is 0 Å². The van der Waals surface area contributed by atoms with Crippen LogP contribution in [0.15, 0.2) is 16.8 Å². The minimum atomic E-state index is -0.269. The number of aromatic amines is 1. The van der Waals surface area contributed by atoms with Gasteiger partial charge in [0.15, 0.2) is 0 Å². The minimum absolute atomic E-state index is 0.269. The van der Waals surface area contributed by atoms with E-state index in [0.717, 1.165) is 5.82 Å². The average molecular weight is 241 g/mol. The molecule has 0 amide bonds. The highest BCUT2D eigenvalue weighted by atomic mass is 32.2. The van der Waals surface area contributed by atoms with Gasteiger partial charge in [-0.3, -0.25) is 5.10 Å². The van der Waals surface area contributed by atoms with Crippen LogP contribution in [0, 0.1) is 6.92 Å². The van der Waals surface area contributed by atoms with Crippen molar-refractivity contribution in [3.05, 3.63) is 17.5 Å². The van der Waals surface area contributed by atoms with Gasteiger partial charge >= 0.3 is 5.97 Å². The lowest BCUT2D eigenvalue weighted by atomic mass is 10.2. The predicted octanol–water partition coefficient (Wildman–Crippen LogP) is 1.71. The summed E-state index contributed by atoms with van der Waals surface area (Å²) in [5.74, 6) is 1.18. The Labute approximate surface area is 98.7 Å². The first kappa shape index (κ1) is 12.8. The van der Waals surface area contributed by atoms with Crippen molar-refractivity contribution >= 4 is 17.7 Å². The first-order chi connectivity index (χ1) is 7.67. The normalized spacial score (nSPS) is 11.6. The Morgan fingerprint density at radius 2 is 2.38 bits per heavy atom. The van der Waals surface area contributed by atoms with Crippen molar-refractivity contribution in [2.45, 2.75) is 25.4 Å². The van der Waals surface area contributed by atoms with Gasteiger partial charge < -0.3 is 4.74 Å². The lowest BCUT2D eigenvalue weighted by Gasteiger charge is -2.00. The lowest BCUT2D eigenvalue weighted by Crippen LogP contribution is -2.04. The van der Waals surface area contributed by atoms with Gasteiger partial charge in [-0.2, -0.15) is 0 Å². The van der Waals surface area contributed by atoms with Crippen LogP contribution in [0.25, 0.3) is 0 Å². The number of hydrogen-bond donors (Lipinski definition) is 1. The molecule has 0 aliphatic heterocycles. The van der Waals surface area contributed by atoms with Crippen molar-refractivity contribution in [1.29, 1.82) is 0 Å². The van der Waals surface area contributed by atoms with Gasteiger partial charge in [0.2, 0.25) is 5.16 Å². The van der Waals surface area contributed by atoms with E-state index < -0.39 is 0 Å². The average Bonchev–Trinajstić information content (AvgIpc) is 2.69. The third kappa shape index (κ3) is 3.69. The Kier molecular flexibility index (Phi) is 5.04. The third-order valence-corrected chi connectivity index (χ3v) is 2.72. The maximum Gasteiger partial charge on any atom is 0.333 e. The number of aromatic nitrogens is 3. The summed E-state index contributed by atoms with van der Waals surface area (Å²) in [5.41, 5.74) is 0.683. The summed E-state index contributed by atoms with van der Waals surface area (Å²) in [6, 6.07) is 0. The number of aryl methyl sites for hydroxylation is 1. The number of rotatable bonds is 5. The molecule has 88 valence electrons. The minimum Gasteiger partial charge on any atom is -0.466 e. The van der Waals surface area contributed by atoms with E-state index in [0.29, 0.717) is 22.9 Å². The number of thioether (sulfide) groups is 1. The summed E-state index contributed by atoms with van der Waals surface area (Å²) < 4.78 is 4.66. The van der Waals surface area contributed by atoms with Gasteiger partial charge in [-0.15, -0.1) is 5.10 Å². The Hall–Kier alpha value is -1.30. The Morgan fingerprint density at radius 3 is 2.88 bits per heavy atom. The summed E-state index contributed by atoms with van der Waals surface area (Å²) in [4.78, 5) is 15.4. The molecule has 0 spiro atoms. The van der Waals surface area contributed by atoms with Crippen LogP contribution in [0.1, 0.15) is 19.2 Å². The molecular weight excluding hydrogens is 226 g/mol. The molecule has 0 fully saturated rings. The van der Waals surface area contributed by atoms with Crippen LogP contribution in [0.2, 0.25) is 0 Å². The number of esters is 1. The second-order valence-corrected chi connectivity index (χ2v) is 4.08. The van der Waals surface area contributed by atoms with Crippen LogP contribution >= 0.6 is 11.8 Å². The van der Waals surface area contributed by atoms with E-state index in [2.05, 4.69) is 19.9 Å². The molecule has 16 heavy (non-hydrogen) atoms. The molecular formula is C10H15N3O2S. The van der Waals surface area contributed by atoms with Crippen molar-refractivity contribution in [3.8, 4) is 0 Å². The first-order valence-electron chi connectivity index (χ1n) is 4.96. The van der Waals surface area contributed by atoms with Crippen LogP contribution in [-0.4, -0.2) is 34.0 Å². The number of ether oxygens (including phenoxy) is 1. The number of nitrogens with one attached hydrogen (secondary N) is 1. The first-order valence-corrected chi connectivity index (χ1v) is 5.95. The van der Waals surface area contributed by atoms with E-state index in [1.807, 2.05) is 19.9 Å². The summed E-state index contributed by atoms with van der Waals surface area (Å²) in [5, 5.41) is 7.43. The van der Waals surface area contributed by atoms with Gasteiger partial charge in [-0.05, 0) is 13.3 Å². The molecule has 5 nitrogen and oxygen atoms in total. The second-order valence-electron chi connectivity index (χ2n) is 3.09. The van der Waals surface area contributed by atoms with E-state index in [1.54, 1.807) is 0 Å². The molecule has 1 rings (SSSR count). The fraction of sp³-hybridized carbons (Fsp3) is 0.500. The molecule has 0 aliphatic rings. The zero-order valence-corrected chi connectivity index (χ0v) is 10.4. The number of hydrogen-bond acceptors (Lipinski definition) is 5. The van der Waals surface area contributed by atoms with Crippen LogP contribution in [0.4, 0.5) is 0 Å². The highest BCUT2D eigenvalue weighted by Crippen LogP contribution is 2.14. The predicted molar refractivity (Wildman–Crippen MR) is 62.2 cm³/mol. The van der Waals surface area contributed by atoms with Crippen molar-refractivity contribution < 1.29 is 9.53 Å². The van der Waals surface area contributed by atoms with Gasteiger partial charge in [0.25, 0.3) is 0 Å². The lowest BCUT2D eigenvalue weighted by molar-refractivity contribution is -0.136. The van der Waals surface area contributed by atoms with Gasteiger partial charge in [-0.25, -0.2) is 9.78 Å². The zero-order chi connectivity index (χ0) is 12.0. The molecule has 0 unspecified atom stereocenters. The Bertz CT molecular complexity index is 387. The van der Waals surface area contributed by atoms with Crippen LogP contribution in [-0.2, 0) is 9.53 Å². The fourth-order valence-electron chi connectivity index (χ4n) is 1.11. The maximum absolute atomic E-state index is 11.3. The van der Waals surface area contributed by atoms with E-state index in [9.17, 15) is 4.79 Å². The summed E-state index contributed by atoms with van der Waals surface area (Å²) in [6.45, 7) is 3.77. The van der Waals surface area contributed by atoms with Gasteiger partial charge in [0, 0.05) is 11.3 Å². The maximum atomic E-state index is 11.3. The summed E-state index contributed by atoms with van der Waals surface area (Å²) in [7, 11) is 1.39. The monoisotopic (exact) mass is 241 g/mol. The number of carbonyl (C=O) groups is 1. The molecule has 0 saturated carbocycles. The molecule has 0 aromatic carbocycles. The number of H-pyrrole nitrogens is 1. The van der Waals surface area contributed by atoms with Gasteiger partial charge in [-0.1, -0.05) is 24.8 Å². The summed E-state index contributed by atoms with van der Waals surface area (Å²) in [6.07, 6.45) is 2.52. The van der Waals surface area contributed by atoms with E-state index in [-0.39, 0.29) is 5.97 Å². The van der Waals surface area contributed by atoms with E-state index >= 15 is 0 Å². The molecule has 1 aromatic heterocycles. The Balaban J connectivity index is 2.49. The Morgan fingerprint density at radius 1 is 1.62 bits per heavy atom. The SMILES string of the molecule is CCC(=CCSc1n[nH]c(C)n1)C(=O)OC. The molecule has 0 bridgehead atoms. The highest BCUT2D eigenvalue weighted by Gasteiger charge is 2.06. The van der Waals surface area contributed by atoms with Crippen LogP contribution in [0.3, 0.4) is 0 Å². The third-order valence-electron chi connectivity index (χ3n) is 1.95. The fourth-order valence-corrected chi connectivity index (χ4v) is 1.85. The van der Waals surface area contributed by atoms with Crippen molar-refractivity contribution in [1.82, 2.24) is 15.2 Å². The van der Waals surface area contributed by atoms with Gasteiger partial charge in [0.1, 0.15) is 5.82 Å². The topological polar surface area (TPSA) is 67.9 Å². The molecule has 1 heterocycles. The van der Waals surface area contributed by atoms with E-state index in [1.165, 1.54) is 18.9 Å². The van der Waals surface area contributed by atoms with Crippen LogP contribution in [0.5, 0.6) is 0 Å². The number of carbonyl (C=O) groups excluding carboxylic acids is 1. The molecule has 0 radical (unpaired) electrons. The molecule has 1 N–H and O–H groups in total. The van der Waals surface area contributed by atoms with E-state index in [4.69, 9.17) is 0 Å². The number of nitrogens with zero attached hydrogens (tertiary/aromatic N) is 2. The molecule has 0 aliphatic carbocycles. The van der Waals surface area contributed by atoms with Crippen molar-refractivity contribution in [2.75, 3.05) is 12.9 Å². The smallest absolute Gasteiger partial charge is 0.333 e.